The van der Waals surface area contributed by atoms with Crippen molar-refractivity contribution in [1.82, 2.24) is 0 Å². The molecule has 0 radical (unpaired) electrons. The molecular formula is C8H14O3. The van der Waals surface area contributed by atoms with E-state index in [4.69, 9.17) is 14.6 Å². The van der Waals surface area contributed by atoms with E-state index in [1.807, 2.05) is 0 Å². The molecule has 0 unspecified atom stereocenters. The Morgan fingerprint density at radius 2 is 1.91 bits per heavy atom. The summed E-state index contributed by atoms with van der Waals surface area (Å²) in [5.74, 6) is 0. The highest BCUT2D eigenvalue weighted by molar-refractivity contribution is 4.89. The third-order valence-corrected chi connectivity index (χ3v) is 2.71. The fourth-order valence-corrected chi connectivity index (χ4v) is 1.70. The van der Waals surface area contributed by atoms with Crippen molar-refractivity contribution < 1.29 is 14.6 Å². The Morgan fingerprint density at radius 1 is 1.27 bits per heavy atom. The fourth-order valence-electron chi connectivity index (χ4n) is 1.70. The summed E-state index contributed by atoms with van der Waals surface area (Å²) < 4.78 is 10.6. The largest absolute Gasteiger partial charge is 0.391 e. The zero-order valence-corrected chi connectivity index (χ0v) is 6.58. The number of hydrogen-bond donors (Lipinski definition) is 1. The predicted molar refractivity (Wildman–Crippen MR) is 39.1 cm³/mol. The second kappa shape index (κ2) is 2.73. The summed E-state index contributed by atoms with van der Waals surface area (Å²) in [5, 5.41) is 8.70. The zero-order valence-electron chi connectivity index (χ0n) is 6.58. The van der Waals surface area contributed by atoms with Crippen LogP contribution < -0.4 is 0 Å². The molecule has 11 heavy (non-hydrogen) atoms. The van der Waals surface area contributed by atoms with E-state index >= 15 is 0 Å². The monoisotopic (exact) mass is 158 g/mol. The van der Waals surface area contributed by atoms with Crippen molar-refractivity contribution in [2.45, 2.75) is 25.6 Å². The first kappa shape index (κ1) is 7.53. The zero-order chi connectivity index (χ0) is 7.73. The molecule has 2 fully saturated rings. The molecule has 0 aromatic rings. The highest BCUT2D eigenvalue weighted by Crippen LogP contribution is 2.43. The van der Waals surface area contributed by atoms with Gasteiger partial charge in [0.1, 0.15) is 0 Å². The van der Waals surface area contributed by atoms with Crippen LogP contribution in [0.5, 0.6) is 0 Å². The highest BCUT2D eigenvalue weighted by Gasteiger charge is 2.41. The van der Waals surface area contributed by atoms with Gasteiger partial charge in [-0.25, -0.2) is 0 Å². The first-order valence-corrected chi connectivity index (χ1v) is 4.19. The first-order chi connectivity index (χ1) is 5.35. The summed E-state index contributed by atoms with van der Waals surface area (Å²) in [5.41, 5.74) is 0.325. The standard InChI is InChI=1S/C8H14O3/c9-4-7-10-5-8(6-11-7)2-1-3-8/h7,9H,1-6H2. The van der Waals surface area contributed by atoms with Gasteiger partial charge in [-0.2, -0.15) is 0 Å². The van der Waals surface area contributed by atoms with Crippen LogP contribution in [0.3, 0.4) is 0 Å². The van der Waals surface area contributed by atoms with E-state index in [1.54, 1.807) is 0 Å². The van der Waals surface area contributed by atoms with Gasteiger partial charge in [-0.15, -0.1) is 0 Å². The molecule has 1 spiro atoms. The second-order valence-corrected chi connectivity index (χ2v) is 3.59. The smallest absolute Gasteiger partial charge is 0.180 e. The predicted octanol–water partition coefficient (Wildman–Crippen LogP) is 0.522. The number of rotatable bonds is 1. The molecule has 2 aliphatic rings. The van der Waals surface area contributed by atoms with E-state index in [9.17, 15) is 0 Å². The Labute approximate surface area is 66.3 Å². The molecule has 0 aromatic carbocycles. The maximum absolute atomic E-state index is 8.70. The summed E-state index contributed by atoms with van der Waals surface area (Å²) in [7, 11) is 0. The number of aliphatic hydroxyl groups excluding tert-OH is 1. The summed E-state index contributed by atoms with van der Waals surface area (Å²) in [6, 6.07) is 0. The van der Waals surface area contributed by atoms with Crippen molar-refractivity contribution in [3.05, 3.63) is 0 Å². The van der Waals surface area contributed by atoms with Crippen molar-refractivity contribution in [3.8, 4) is 0 Å². The van der Waals surface area contributed by atoms with Crippen LogP contribution in [0.25, 0.3) is 0 Å². The van der Waals surface area contributed by atoms with Crippen molar-refractivity contribution in [3.63, 3.8) is 0 Å². The van der Waals surface area contributed by atoms with Crippen molar-refractivity contribution in [2.24, 2.45) is 5.41 Å². The van der Waals surface area contributed by atoms with E-state index in [0.717, 1.165) is 13.2 Å². The van der Waals surface area contributed by atoms with Gasteiger partial charge in [-0.1, -0.05) is 6.42 Å². The first-order valence-electron chi connectivity index (χ1n) is 4.19. The highest BCUT2D eigenvalue weighted by atomic mass is 16.7. The van der Waals surface area contributed by atoms with Crippen LogP contribution in [0.4, 0.5) is 0 Å². The van der Waals surface area contributed by atoms with Crippen molar-refractivity contribution >= 4 is 0 Å². The molecule has 64 valence electrons. The summed E-state index contributed by atoms with van der Waals surface area (Å²) in [4.78, 5) is 0. The molecule has 1 N–H and O–H groups in total. The molecule has 1 aliphatic heterocycles. The lowest BCUT2D eigenvalue weighted by Gasteiger charge is -2.45. The minimum Gasteiger partial charge on any atom is -0.391 e. The Kier molecular flexibility index (Phi) is 1.87. The van der Waals surface area contributed by atoms with Crippen LogP contribution in [-0.4, -0.2) is 31.2 Å². The van der Waals surface area contributed by atoms with Gasteiger partial charge in [-0.3, -0.25) is 0 Å². The molecule has 1 aliphatic carbocycles. The fraction of sp³-hybridized carbons (Fsp3) is 1.00. The van der Waals surface area contributed by atoms with Gasteiger partial charge in [0.15, 0.2) is 6.29 Å². The summed E-state index contributed by atoms with van der Waals surface area (Å²) in [6.07, 6.45) is 3.40. The molecule has 0 atom stereocenters. The van der Waals surface area contributed by atoms with Gasteiger partial charge in [-0.05, 0) is 12.8 Å². The average Bonchev–Trinajstić information content (AvgIpc) is 2.02. The molecule has 0 aromatic heterocycles. The van der Waals surface area contributed by atoms with Gasteiger partial charge in [0, 0.05) is 5.41 Å². The molecule has 3 nitrogen and oxygen atoms in total. The SMILES string of the molecule is OCC1OCC2(CCC2)CO1. The van der Waals surface area contributed by atoms with E-state index in [-0.39, 0.29) is 12.9 Å². The normalized spacial score (nSPS) is 30.3. The summed E-state index contributed by atoms with van der Waals surface area (Å²) in [6.45, 7) is 1.53. The quantitative estimate of drug-likeness (QED) is 0.604. The molecule has 0 amide bonds. The lowest BCUT2D eigenvalue weighted by atomic mass is 9.70. The number of hydrogen-bond acceptors (Lipinski definition) is 3. The van der Waals surface area contributed by atoms with Crippen LogP contribution >= 0.6 is 0 Å². The van der Waals surface area contributed by atoms with Gasteiger partial charge in [0.05, 0.1) is 19.8 Å². The number of aliphatic hydroxyl groups is 1. The van der Waals surface area contributed by atoms with Gasteiger partial charge in [0.2, 0.25) is 0 Å². The van der Waals surface area contributed by atoms with Crippen LogP contribution in [-0.2, 0) is 9.47 Å². The molecule has 1 saturated carbocycles. The van der Waals surface area contributed by atoms with Crippen LogP contribution in [0, 0.1) is 5.41 Å². The molecule has 1 saturated heterocycles. The van der Waals surface area contributed by atoms with Crippen LogP contribution in [0.15, 0.2) is 0 Å². The van der Waals surface area contributed by atoms with Gasteiger partial charge < -0.3 is 14.6 Å². The molecule has 3 heteroatoms. The minimum atomic E-state index is -0.360. The van der Waals surface area contributed by atoms with E-state index in [0.29, 0.717) is 5.41 Å². The number of ether oxygens (including phenoxy) is 2. The van der Waals surface area contributed by atoms with E-state index < -0.39 is 0 Å². The second-order valence-electron chi connectivity index (χ2n) is 3.59. The minimum absolute atomic E-state index is 0.0178. The summed E-state index contributed by atoms with van der Waals surface area (Å²) >= 11 is 0. The molecule has 2 rings (SSSR count). The van der Waals surface area contributed by atoms with Gasteiger partial charge in [0.25, 0.3) is 0 Å². The molecule has 1 heterocycles. The van der Waals surface area contributed by atoms with Crippen molar-refractivity contribution in [2.75, 3.05) is 19.8 Å². The van der Waals surface area contributed by atoms with Gasteiger partial charge >= 0.3 is 0 Å². The maximum atomic E-state index is 8.70. The Bertz CT molecular complexity index is 132. The Hall–Kier alpha value is -0.120. The third kappa shape index (κ3) is 1.28. The molecule has 0 bridgehead atoms. The van der Waals surface area contributed by atoms with Crippen LogP contribution in [0.2, 0.25) is 0 Å². The maximum Gasteiger partial charge on any atom is 0.180 e. The Morgan fingerprint density at radius 3 is 2.27 bits per heavy atom. The van der Waals surface area contributed by atoms with Crippen molar-refractivity contribution in [1.29, 1.82) is 0 Å². The topological polar surface area (TPSA) is 38.7 Å². The Balaban J connectivity index is 1.84. The lowest BCUT2D eigenvalue weighted by Crippen LogP contribution is -2.46. The molecular weight excluding hydrogens is 144 g/mol. The average molecular weight is 158 g/mol. The van der Waals surface area contributed by atoms with E-state index in [1.165, 1.54) is 19.3 Å². The third-order valence-electron chi connectivity index (χ3n) is 2.71. The lowest BCUT2D eigenvalue weighted by molar-refractivity contribution is -0.255. The van der Waals surface area contributed by atoms with E-state index in [2.05, 4.69) is 0 Å². The van der Waals surface area contributed by atoms with Crippen LogP contribution in [0.1, 0.15) is 19.3 Å².